The van der Waals surface area contributed by atoms with Crippen LogP contribution in [0, 0.1) is 20.8 Å². The van der Waals surface area contributed by atoms with Gasteiger partial charge in [-0.3, -0.25) is 4.79 Å². The summed E-state index contributed by atoms with van der Waals surface area (Å²) in [4.78, 5) is 12.7. The van der Waals surface area contributed by atoms with Gasteiger partial charge in [0.25, 0.3) is 0 Å². The summed E-state index contributed by atoms with van der Waals surface area (Å²) in [5, 5.41) is 4.20. The molecule has 0 N–H and O–H groups in total. The normalized spacial score (nSPS) is 10.7. The minimum Gasteiger partial charge on any atom is -0.481 e. The Hall–Kier alpha value is -2.10. The Morgan fingerprint density at radius 1 is 1.25 bits per heavy atom. The van der Waals surface area contributed by atoms with E-state index in [9.17, 15) is 4.79 Å². The zero-order chi connectivity index (χ0) is 14.9. The molecular weight excluding hydrogens is 252 g/mol. The third kappa shape index (κ3) is 2.33. The molecule has 4 heteroatoms. The lowest BCUT2D eigenvalue weighted by Gasteiger charge is -2.10. The summed E-state index contributed by atoms with van der Waals surface area (Å²) in [6, 6.07) is 4.01. The van der Waals surface area contributed by atoms with Crippen LogP contribution in [0.25, 0.3) is 0 Å². The zero-order valence-corrected chi connectivity index (χ0v) is 12.7. The Bertz CT molecular complexity index is 657. The van der Waals surface area contributed by atoms with Gasteiger partial charge < -0.3 is 4.74 Å². The summed E-state index contributed by atoms with van der Waals surface area (Å²) < 4.78 is 7.02. The first kappa shape index (κ1) is 14.3. The van der Waals surface area contributed by atoms with Crippen molar-refractivity contribution in [3.63, 3.8) is 0 Å². The molecule has 0 atom stereocenters. The van der Waals surface area contributed by atoms with E-state index in [4.69, 9.17) is 4.74 Å². The van der Waals surface area contributed by atoms with Gasteiger partial charge in [-0.1, -0.05) is 11.6 Å². The predicted octanol–water partition coefficient (Wildman–Crippen LogP) is 3.07. The number of aromatic nitrogens is 2. The van der Waals surface area contributed by atoms with E-state index >= 15 is 0 Å². The maximum Gasteiger partial charge on any atom is 0.223 e. The van der Waals surface area contributed by atoms with E-state index in [0.29, 0.717) is 18.0 Å². The van der Waals surface area contributed by atoms with Crippen molar-refractivity contribution in [3.05, 3.63) is 46.1 Å². The van der Waals surface area contributed by atoms with Crippen LogP contribution in [-0.4, -0.2) is 22.7 Å². The number of hydrogen-bond acceptors (Lipinski definition) is 3. The Kier molecular flexibility index (Phi) is 3.93. The van der Waals surface area contributed by atoms with E-state index in [2.05, 4.69) is 11.2 Å². The van der Waals surface area contributed by atoms with Gasteiger partial charge in [0.2, 0.25) is 5.88 Å². The average Bonchev–Trinajstić information content (AvgIpc) is 2.84. The van der Waals surface area contributed by atoms with Crippen LogP contribution in [0.5, 0.6) is 5.88 Å². The van der Waals surface area contributed by atoms with Crippen LogP contribution in [0.1, 0.15) is 39.5 Å². The van der Waals surface area contributed by atoms with Gasteiger partial charge in [-0.05, 0) is 44.9 Å². The Morgan fingerprint density at radius 3 is 2.55 bits per heavy atom. The fraction of sp³-hybridized carbons (Fsp3) is 0.375. The van der Waals surface area contributed by atoms with Crippen molar-refractivity contribution in [3.8, 4) is 5.88 Å². The van der Waals surface area contributed by atoms with Gasteiger partial charge >= 0.3 is 0 Å². The van der Waals surface area contributed by atoms with E-state index < -0.39 is 0 Å². The molecule has 0 aliphatic heterocycles. The molecule has 2 rings (SSSR count). The number of methoxy groups -OCH3 is 1. The zero-order valence-electron chi connectivity index (χ0n) is 12.7. The van der Waals surface area contributed by atoms with Crippen LogP contribution >= 0.6 is 0 Å². The lowest BCUT2D eigenvalue weighted by atomic mass is 9.95. The Balaban J connectivity index is 2.55. The first-order valence-electron chi connectivity index (χ1n) is 6.72. The monoisotopic (exact) mass is 272 g/mol. The fourth-order valence-electron chi connectivity index (χ4n) is 2.39. The number of benzene rings is 1. The summed E-state index contributed by atoms with van der Waals surface area (Å²) in [6.45, 7) is 8.62. The van der Waals surface area contributed by atoms with Crippen molar-refractivity contribution in [1.29, 1.82) is 0 Å². The van der Waals surface area contributed by atoms with Gasteiger partial charge in [-0.15, -0.1) is 0 Å². The van der Waals surface area contributed by atoms with Crippen LogP contribution in [0.4, 0.5) is 0 Å². The van der Waals surface area contributed by atoms with Crippen LogP contribution in [0.3, 0.4) is 0 Å². The second-order valence-corrected chi connectivity index (χ2v) is 4.97. The molecule has 0 spiro atoms. The van der Waals surface area contributed by atoms with Crippen LogP contribution in [0.15, 0.2) is 18.3 Å². The van der Waals surface area contributed by atoms with E-state index in [0.717, 1.165) is 22.3 Å². The third-order valence-electron chi connectivity index (χ3n) is 3.58. The van der Waals surface area contributed by atoms with Crippen molar-refractivity contribution in [2.45, 2.75) is 34.2 Å². The molecule has 0 aliphatic rings. The molecule has 0 saturated carbocycles. The van der Waals surface area contributed by atoms with Gasteiger partial charge in [-0.2, -0.15) is 5.10 Å². The van der Waals surface area contributed by atoms with Crippen molar-refractivity contribution in [1.82, 2.24) is 9.78 Å². The predicted molar refractivity (Wildman–Crippen MR) is 78.5 cm³/mol. The SMILES string of the molecule is CCn1ncc(C(=O)c2cc(C)cc(C)c2C)c1OC. The molecule has 0 saturated heterocycles. The number of ketones is 1. The molecule has 0 fully saturated rings. The van der Waals surface area contributed by atoms with E-state index in [1.54, 1.807) is 18.0 Å². The topological polar surface area (TPSA) is 44.1 Å². The standard InChI is InChI=1S/C16H20N2O2/c1-6-18-16(20-5)14(9-17-18)15(19)13-8-10(2)7-11(3)12(13)4/h7-9H,6H2,1-5H3. The molecule has 4 nitrogen and oxygen atoms in total. The molecule has 1 aromatic carbocycles. The average molecular weight is 272 g/mol. The number of carbonyl (C=O) groups excluding carboxylic acids is 1. The first-order valence-corrected chi connectivity index (χ1v) is 6.72. The summed E-state index contributed by atoms with van der Waals surface area (Å²) in [5.41, 5.74) is 4.44. The number of carbonyl (C=O) groups is 1. The highest BCUT2D eigenvalue weighted by molar-refractivity contribution is 6.11. The number of hydrogen-bond donors (Lipinski definition) is 0. The van der Waals surface area contributed by atoms with E-state index in [1.807, 2.05) is 33.8 Å². The van der Waals surface area contributed by atoms with Gasteiger partial charge in [0.1, 0.15) is 5.56 Å². The molecule has 1 heterocycles. The Labute approximate surface area is 119 Å². The van der Waals surface area contributed by atoms with Crippen molar-refractivity contribution in [2.24, 2.45) is 0 Å². The molecule has 0 unspecified atom stereocenters. The summed E-state index contributed by atoms with van der Waals surface area (Å²) >= 11 is 0. The number of rotatable bonds is 4. The molecule has 0 bridgehead atoms. The molecule has 0 amide bonds. The fourth-order valence-corrected chi connectivity index (χ4v) is 2.39. The lowest BCUT2D eigenvalue weighted by molar-refractivity contribution is 0.103. The molecule has 2 aromatic rings. The van der Waals surface area contributed by atoms with E-state index in [-0.39, 0.29) is 5.78 Å². The Morgan fingerprint density at radius 2 is 1.95 bits per heavy atom. The summed E-state index contributed by atoms with van der Waals surface area (Å²) in [6.07, 6.45) is 1.59. The van der Waals surface area contributed by atoms with Crippen LogP contribution in [-0.2, 0) is 6.54 Å². The van der Waals surface area contributed by atoms with Gasteiger partial charge in [0, 0.05) is 12.1 Å². The molecule has 0 radical (unpaired) electrons. The third-order valence-corrected chi connectivity index (χ3v) is 3.58. The van der Waals surface area contributed by atoms with Crippen molar-refractivity contribution < 1.29 is 9.53 Å². The van der Waals surface area contributed by atoms with Crippen LogP contribution < -0.4 is 4.74 Å². The molecular formula is C16H20N2O2. The molecule has 106 valence electrons. The first-order chi connectivity index (χ1) is 9.49. The van der Waals surface area contributed by atoms with Gasteiger partial charge in [0.05, 0.1) is 13.3 Å². The van der Waals surface area contributed by atoms with Crippen molar-refractivity contribution in [2.75, 3.05) is 7.11 Å². The van der Waals surface area contributed by atoms with E-state index in [1.165, 1.54) is 0 Å². The number of aryl methyl sites for hydroxylation is 3. The smallest absolute Gasteiger partial charge is 0.223 e. The quantitative estimate of drug-likeness (QED) is 0.803. The molecule has 20 heavy (non-hydrogen) atoms. The largest absolute Gasteiger partial charge is 0.481 e. The maximum atomic E-state index is 12.7. The van der Waals surface area contributed by atoms with Crippen molar-refractivity contribution >= 4 is 5.78 Å². The second kappa shape index (κ2) is 5.49. The highest BCUT2D eigenvalue weighted by atomic mass is 16.5. The summed E-state index contributed by atoms with van der Waals surface area (Å²) in [7, 11) is 1.56. The number of nitrogens with zero attached hydrogens (tertiary/aromatic N) is 2. The minimum atomic E-state index is -0.0362. The van der Waals surface area contributed by atoms with Crippen LogP contribution in [0.2, 0.25) is 0 Å². The molecule has 1 aromatic heterocycles. The van der Waals surface area contributed by atoms with Gasteiger partial charge in [-0.25, -0.2) is 4.68 Å². The number of ether oxygens (including phenoxy) is 1. The minimum absolute atomic E-state index is 0.0362. The second-order valence-electron chi connectivity index (χ2n) is 4.97. The maximum absolute atomic E-state index is 12.7. The molecule has 0 aliphatic carbocycles. The highest BCUT2D eigenvalue weighted by Gasteiger charge is 2.21. The highest BCUT2D eigenvalue weighted by Crippen LogP contribution is 2.25. The lowest BCUT2D eigenvalue weighted by Crippen LogP contribution is -2.08. The summed E-state index contributed by atoms with van der Waals surface area (Å²) in [5.74, 6) is 0.488. The van der Waals surface area contributed by atoms with Gasteiger partial charge in [0.15, 0.2) is 5.78 Å².